The number of ketones is 1. The van der Waals surface area contributed by atoms with Gasteiger partial charge in [0.2, 0.25) is 0 Å². The van der Waals surface area contributed by atoms with E-state index in [-0.39, 0.29) is 30.4 Å². The molecule has 2 aromatic rings. The van der Waals surface area contributed by atoms with Crippen LogP contribution in [-0.4, -0.2) is 19.4 Å². The Morgan fingerprint density at radius 2 is 1.47 bits per heavy atom. The summed E-state index contributed by atoms with van der Waals surface area (Å²) < 4.78 is 84.9. The summed E-state index contributed by atoms with van der Waals surface area (Å²) in [5.41, 5.74) is -3.09. The highest BCUT2D eigenvalue weighted by Crippen LogP contribution is 2.38. The quantitative estimate of drug-likeness (QED) is 0.447. The third-order valence-corrected chi connectivity index (χ3v) is 5.37. The van der Waals surface area contributed by atoms with Crippen molar-refractivity contribution in [3.8, 4) is 0 Å². The molecule has 0 aliphatic rings. The van der Waals surface area contributed by atoms with E-state index in [4.69, 9.17) is 4.74 Å². The molecular formula is C23H25F6NO2. The van der Waals surface area contributed by atoms with Gasteiger partial charge in [-0.15, -0.1) is 0 Å². The third kappa shape index (κ3) is 6.56. The van der Waals surface area contributed by atoms with Gasteiger partial charge in [-0.1, -0.05) is 30.3 Å². The molecule has 0 heterocycles. The van der Waals surface area contributed by atoms with Gasteiger partial charge >= 0.3 is 12.4 Å². The van der Waals surface area contributed by atoms with E-state index in [0.29, 0.717) is 18.6 Å². The van der Waals surface area contributed by atoms with Crippen LogP contribution in [0, 0.1) is 0 Å². The zero-order chi connectivity index (χ0) is 24.2. The Morgan fingerprint density at radius 3 is 1.91 bits per heavy atom. The Labute approximate surface area is 182 Å². The lowest BCUT2D eigenvalue weighted by Gasteiger charge is -2.35. The molecule has 2 rings (SSSR count). The number of nitrogens with one attached hydrogen (secondary N) is 1. The van der Waals surface area contributed by atoms with Gasteiger partial charge in [0.05, 0.1) is 29.4 Å². The van der Waals surface area contributed by atoms with Gasteiger partial charge in [-0.25, -0.2) is 0 Å². The van der Waals surface area contributed by atoms with Crippen LogP contribution in [0.1, 0.15) is 55.0 Å². The molecule has 3 nitrogen and oxygen atoms in total. The molecule has 2 atom stereocenters. The van der Waals surface area contributed by atoms with Gasteiger partial charge in [-0.2, -0.15) is 26.3 Å². The first-order valence-electron chi connectivity index (χ1n) is 9.93. The van der Waals surface area contributed by atoms with Crippen molar-refractivity contribution in [1.82, 2.24) is 5.32 Å². The Morgan fingerprint density at radius 1 is 0.938 bits per heavy atom. The van der Waals surface area contributed by atoms with E-state index in [1.807, 2.05) is 12.1 Å². The minimum absolute atomic E-state index is 0.0544. The van der Waals surface area contributed by atoms with Crippen molar-refractivity contribution >= 4 is 5.78 Å². The number of rotatable bonds is 9. The molecule has 0 aliphatic heterocycles. The molecule has 0 aliphatic carbocycles. The molecule has 0 aromatic heterocycles. The van der Waals surface area contributed by atoms with Gasteiger partial charge in [-0.05, 0) is 56.6 Å². The molecule has 0 saturated heterocycles. The van der Waals surface area contributed by atoms with Crippen LogP contribution in [0.15, 0.2) is 48.5 Å². The van der Waals surface area contributed by atoms with E-state index in [0.717, 1.165) is 5.56 Å². The smallest absolute Gasteiger partial charge is 0.372 e. The number of halogens is 6. The number of benzene rings is 2. The summed E-state index contributed by atoms with van der Waals surface area (Å²) in [6.07, 6.45) is -10.4. The van der Waals surface area contributed by atoms with Gasteiger partial charge in [-0.3, -0.25) is 0 Å². The minimum Gasteiger partial charge on any atom is -0.372 e. The van der Waals surface area contributed by atoms with Gasteiger partial charge < -0.3 is 14.8 Å². The zero-order valence-corrected chi connectivity index (χ0v) is 17.9. The number of alkyl halides is 6. The van der Waals surface area contributed by atoms with Crippen molar-refractivity contribution in [2.45, 2.75) is 50.7 Å². The second-order valence-corrected chi connectivity index (χ2v) is 7.69. The minimum atomic E-state index is -4.93. The monoisotopic (exact) mass is 461 g/mol. The molecule has 0 saturated carbocycles. The fourth-order valence-corrected chi connectivity index (χ4v) is 3.37. The lowest BCUT2D eigenvalue weighted by molar-refractivity contribution is -0.143. The van der Waals surface area contributed by atoms with Crippen LogP contribution in [0.5, 0.6) is 0 Å². The summed E-state index contributed by atoms with van der Waals surface area (Å²) in [7, 11) is 1.66. The van der Waals surface area contributed by atoms with Gasteiger partial charge in [0.15, 0.2) is 0 Å². The molecule has 0 bridgehead atoms. The highest BCUT2D eigenvalue weighted by Gasteiger charge is 2.38. The Hall–Kier alpha value is -2.39. The molecule has 0 spiro atoms. The first-order valence-corrected chi connectivity index (χ1v) is 9.93. The third-order valence-electron chi connectivity index (χ3n) is 5.37. The normalized spacial score (nSPS) is 15.3. The first kappa shape index (κ1) is 25.9. The molecule has 1 N–H and O–H groups in total. The lowest BCUT2D eigenvalue weighted by atomic mass is 9.85. The molecule has 2 aromatic carbocycles. The highest BCUT2D eigenvalue weighted by atomic mass is 19.4. The highest BCUT2D eigenvalue weighted by molar-refractivity contribution is 5.75. The average molecular weight is 461 g/mol. The molecule has 0 amide bonds. The van der Waals surface area contributed by atoms with Crippen LogP contribution in [0.2, 0.25) is 0 Å². The first-order chi connectivity index (χ1) is 14.8. The molecule has 9 heteroatoms. The summed E-state index contributed by atoms with van der Waals surface area (Å²) in [6.45, 7) is 2.77. The van der Waals surface area contributed by atoms with Crippen molar-refractivity contribution in [3.05, 3.63) is 70.8 Å². The molecule has 0 fully saturated rings. The van der Waals surface area contributed by atoms with Crippen LogP contribution in [0.25, 0.3) is 0 Å². The molecule has 32 heavy (non-hydrogen) atoms. The number of carbonyl (C=O) groups is 1. The largest absolute Gasteiger partial charge is 0.416 e. The van der Waals surface area contributed by atoms with E-state index in [9.17, 15) is 31.1 Å². The van der Waals surface area contributed by atoms with E-state index in [2.05, 4.69) is 5.32 Å². The molecule has 176 valence electrons. The van der Waals surface area contributed by atoms with Crippen LogP contribution >= 0.6 is 0 Å². The van der Waals surface area contributed by atoms with Gasteiger partial charge in [0.1, 0.15) is 5.78 Å². The fraction of sp³-hybridized carbons (Fsp3) is 0.435. The number of hydrogen-bond acceptors (Lipinski definition) is 3. The average Bonchev–Trinajstić information content (AvgIpc) is 2.73. The second kappa shape index (κ2) is 10.0. The summed E-state index contributed by atoms with van der Waals surface area (Å²) in [5.74, 6) is -0.0544. The maximum absolute atomic E-state index is 13.2. The van der Waals surface area contributed by atoms with Gasteiger partial charge in [0, 0.05) is 6.42 Å². The van der Waals surface area contributed by atoms with Crippen LogP contribution in [-0.2, 0) is 27.4 Å². The van der Waals surface area contributed by atoms with Crippen LogP contribution in [0.4, 0.5) is 26.3 Å². The second-order valence-electron chi connectivity index (χ2n) is 7.69. The van der Waals surface area contributed by atoms with Crippen molar-refractivity contribution in [2.75, 3.05) is 13.7 Å². The maximum atomic E-state index is 13.2. The molecule has 0 radical (unpaired) electrons. The van der Waals surface area contributed by atoms with E-state index in [1.165, 1.54) is 13.8 Å². The van der Waals surface area contributed by atoms with Gasteiger partial charge in [0.25, 0.3) is 0 Å². The van der Waals surface area contributed by atoms with Crippen molar-refractivity contribution in [2.24, 2.45) is 0 Å². The maximum Gasteiger partial charge on any atom is 0.416 e. The Bertz CT molecular complexity index is 879. The Kier molecular flexibility index (Phi) is 8.12. The zero-order valence-electron chi connectivity index (χ0n) is 17.9. The number of hydrogen-bond donors (Lipinski definition) is 1. The number of ether oxygens (including phenoxy) is 1. The molecule has 0 unspecified atom stereocenters. The topological polar surface area (TPSA) is 38.3 Å². The number of likely N-dealkylation sites (N-methyl/N-ethyl adjacent to an activating group) is 1. The van der Waals surface area contributed by atoms with Crippen molar-refractivity contribution < 1.29 is 35.9 Å². The summed E-state index contributed by atoms with van der Waals surface area (Å²) >= 11 is 0. The van der Waals surface area contributed by atoms with Crippen LogP contribution < -0.4 is 5.32 Å². The predicted molar refractivity (Wildman–Crippen MR) is 108 cm³/mol. The SMILES string of the molecule is CN[C@](CCC(C)=O)(CO[C@H](C)c1cc(C(F)(F)F)cc(C(F)(F)F)c1)c1ccccc1. The number of carbonyl (C=O) groups excluding carboxylic acids is 1. The summed E-state index contributed by atoms with van der Waals surface area (Å²) in [4.78, 5) is 11.6. The van der Waals surface area contributed by atoms with Crippen molar-refractivity contribution in [1.29, 1.82) is 0 Å². The van der Waals surface area contributed by atoms with Crippen LogP contribution in [0.3, 0.4) is 0 Å². The number of Topliss-reactive ketones (excluding diaryl/α,β-unsaturated/α-hetero) is 1. The fourth-order valence-electron chi connectivity index (χ4n) is 3.37. The molecular weight excluding hydrogens is 436 g/mol. The predicted octanol–water partition coefficient (Wildman–Crippen LogP) is 6.29. The Balaban J connectivity index is 2.37. The lowest BCUT2D eigenvalue weighted by Crippen LogP contribution is -2.45. The summed E-state index contributed by atoms with van der Waals surface area (Å²) in [5, 5.41) is 3.13. The standard InChI is InChI=1S/C23H25F6NO2/c1-15(31)9-10-21(30-3,18-7-5-4-6-8-18)14-32-16(2)17-11-19(22(24,25)26)13-20(12-17)23(27,28)29/h4-8,11-13,16,30H,9-10,14H2,1-3H3/t16-,21-/m1/s1. The van der Waals surface area contributed by atoms with E-state index in [1.54, 1.807) is 25.2 Å². The van der Waals surface area contributed by atoms with Crippen molar-refractivity contribution in [3.63, 3.8) is 0 Å². The van der Waals surface area contributed by atoms with E-state index >= 15 is 0 Å². The summed E-state index contributed by atoms with van der Waals surface area (Å²) in [6, 6.07) is 10.4. The van der Waals surface area contributed by atoms with E-state index < -0.39 is 35.1 Å².